The van der Waals surface area contributed by atoms with Gasteiger partial charge in [0, 0.05) is 5.92 Å². The van der Waals surface area contributed by atoms with E-state index in [1.165, 1.54) is 0 Å². The van der Waals surface area contributed by atoms with Crippen LogP contribution in [0.1, 0.15) is 40.0 Å². The molecule has 1 aliphatic heterocycles. The quantitative estimate of drug-likeness (QED) is 0.624. The summed E-state index contributed by atoms with van der Waals surface area (Å²) in [4.78, 5) is 11.6. The number of hydrogen-bond acceptors (Lipinski definition) is 2. The van der Waals surface area contributed by atoms with Gasteiger partial charge in [0.2, 0.25) is 5.54 Å². The Kier molecular flexibility index (Phi) is 2.42. The molecule has 0 amide bonds. The van der Waals surface area contributed by atoms with Crippen LogP contribution >= 0.6 is 0 Å². The van der Waals surface area contributed by atoms with Crippen LogP contribution in [0.5, 0.6) is 0 Å². The number of hydrogen-bond donors (Lipinski definition) is 1. The first kappa shape index (κ1) is 13.8. The molecule has 4 unspecified atom stereocenters. The van der Waals surface area contributed by atoms with Gasteiger partial charge >= 0.3 is 5.97 Å². The van der Waals surface area contributed by atoms with Crippen LogP contribution in [0.2, 0.25) is 0 Å². The van der Waals surface area contributed by atoms with E-state index in [4.69, 9.17) is 0 Å². The van der Waals surface area contributed by atoms with Crippen LogP contribution in [-0.2, 0) is 4.79 Å². The van der Waals surface area contributed by atoms with Gasteiger partial charge in [-0.1, -0.05) is 25.3 Å². The third-order valence-electron chi connectivity index (χ3n) is 6.62. The maximum Gasteiger partial charge on any atom is 0.340 e. The molecule has 0 spiro atoms. The molecule has 1 heterocycles. The SMILES string of the molecule is CC1(C)C2CCC1(C)C(C1(C(=O)O)C(F)=C(F)N1F)C2. The van der Waals surface area contributed by atoms with Crippen LogP contribution in [0.3, 0.4) is 0 Å². The van der Waals surface area contributed by atoms with E-state index in [-0.39, 0.29) is 11.3 Å². The first-order valence-electron chi connectivity index (χ1n) is 6.87. The van der Waals surface area contributed by atoms with Crippen molar-refractivity contribution < 1.29 is 23.2 Å². The lowest BCUT2D eigenvalue weighted by atomic mass is 9.59. The van der Waals surface area contributed by atoms with Crippen molar-refractivity contribution in [3.05, 3.63) is 11.8 Å². The summed E-state index contributed by atoms with van der Waals surface area (Å²) in [7, 11) is 0. The van der Waals surface area contributed by atoms with Gasteiger partial charge in [-0.15, -0.1) is 0 Å². The topological polar surface area (TPSA) is 40.5 Å². The van der Waals surface area contributed by atoms with Crippen molar-refractivity contribution in [2.24, 2.45) is 22.7 Å². The van der Waals surface area contributed by atoms with Crippen molar-refractivity contribution >= 4 is 5.97 Å². The normalized spacial score (nSPS) is 45.8. The highest BCUT2D eigenvalue weighted by atomic mass is 19.2. The molecule has 1 N–H and O–H groups in total. The minimum Gasteiger partial charge on any atom is -0.479 e. The monoisotopic (exact) mass is 289 g/mol. The molecule has 4 atom stereocenters. The first-order chi connectivity index (χ1) is 9.11. The summed E-state index contributed by atoms with van der Waals surface area (Å²) in [6.45, 7) is 5.91. The summed E-state index contributed by atoms with van der Waals surface area (Å²) in [5.74, 6) is -5.35. The summed E-state index contributed by atoms with van der Waals surface area (Å²) in [5, 5.41) is 8.88. The Morgan fingerprint density at radius 1 is 1.35 bits per heavy atom. The second-order valence-electron chi connectivity index (χ2n) is 7.12. The van der Waals surface area contributed by atoms with E-state index >= 15 is 0 Å². The van der Waals surface area contributed by atoms with Crippen molar-refractivity contribution in [3.63, 3.8) is 0 Å². The van der Waals surface area contributed by atoms with Crippen molar-refractivity contribution in [1.29, 1.82) is 0 Å². The van der Waals surface area contributed by atoms with Crippen molar-refractivity contribution in [2.75, 3.05) is 0 Å². The Morgan fingerprint density at radius 3 is 2.30 bits per heavy atom. The first-order valence-corrected chi connectivity index (χ1v) is 6.87. The van der Waals surface area contributed by atoms with Gasteiger partial charge in [-0.2, -0.15) is 9.51 Å². The number of nitrogens with zero attached hydrogens (tertiary/aromatic N) is 1. The van der Waals surface area contributed by atoms with E-state index < -0.39 is 39.7 Å². The fourth-order valence-corrected chi connectivity index (χ4v) is 4.88. The third-order valence-corrected chi connectivity index (χ3v) is 6.62. The van der Waals surface area contributed by atoms with Crippen LogP contribution in [-0.4, -0.2) is 21.7 Å². The molecule has 112 valence electrons. The lowest BCUT2D eigenvalue weighted by Gasteiger charge is -2.51. The highest BCUT2D eigenvalue weighted by Gasteiger charge is 2.75. The number of carboxylic acids is 1. The van der Waals surface area contributed by atoms with Crippen LogP contribution in [0.25, 0.3) is 0 Å². The van der Waals surface area contributed by atoms with Crippen molar-refractivity contribution in [1.82, 2.24) is 5.12 Å². The largest absolute Gasteiger partial charge is 0.479 e. The molecule has 2 saturated carbocycles. The van der Waals surface area contributed by atoms with Gasteiger partial charge in [0.05, 0.1) is 0 Å². The molecule has 0 aromatic carbocycles. The lowest BCUT2D eigenvalue weighted by molar-refractivity contribution is -0.196. The Bertz CT molecular complexity index is 533. The molecule has 2 bridgehead atoms. The van der Waals surface area contributed by atoms with Gasteiger partial charge in [-0.25, -0.2) is 9.18 Å². The second-order valence-corrected chi connectivity index (χ2v) is 7.12. The standard InChI is InChI=1S/C14H18F3NO2/c1-12(2)7-4-5-13(12,3)8(6-7)14(11(19)20)9(15)10(16)18(14)17/h7-8H,4-6H2,1-3H3,(H,19,20). The molecule has 2 aliphatic carbocycles. The zero-order valence-electron chi connectivity index (χ0n) is 11.7. The predicted octanol–water partition coefficient (Wildman–Crippen LogP) is 3.58. The van der Waals surface area contributed by atoms with Crippen LogP contribution in [0, 0.1) is 22.7 Å². The minimum atomic E-state index is -2.47. The Hall–Kier alpha value is -1.20. The molecule has 3 aliphatic rings. The number of fused-ring (bicyclic) bond motifs is 2. The van der Waals surface area contributed by atoms with Crippen molar-refractivity contribution in [3.8, 4) is 0 Å². The zero-order chi connectivity index (χ0) is 15.1. The molecule has 0 aromatic heterocycles. The summed E-state index contributed by atoms with van der Waals surface area (Å²) in [6, 6.07) is 0. The number of aliphatic carboxylic acids is 1. The highest BCUT2D eigenvalue weighted by molar-refractivity contribution is 5.86. The molecule has 0 saturated heterocycles. The number of rotatable bonds is 2. The fourth-order valence-electron chi connectivity index (χ4n) is 4.88. The molecule has 2 fully saturated rings. The molecule has 0 radical (unpaired) electrons. The zero-order valence-corrected chi connectivity index (χ0v) is 11.7. The molecule has 6 heteroatoms. The Balaban J connectivity index is 2.12. The molecule has 20 heavy (non-hydrogen) atoms. The fraction of sp³-hybridized carbons (Fsp3) is 0.786. The average Bonchev–Trinajstić information content (AvgIpc) is 2.71. The summed E-state index contributed by atoms with van der Waals surface area (Å²) in [5.41, 5.74) is -3.18. The van der Waals surface area contributed by atoms with Crippen LogP contribution < -0.4 is 0 Å². The van der Waals surface area contributed by atoms with E-state index in [9.17, 15) is 23.2 Å². The number of carbonyl (C=O) groups is 1. The van der Waals surface area contributed by atoms with Gasteiger partial charge in [-0.3, -0.25) is 0 Å². The van der Waals surface area contributed by atoms with E-state index in [0.717, 1.165) is 6.42 Å². The maximum absolute atomic E-state index is 14.0. The smallest absolute Gasteiger partial charge is 0.340 e. The average molecular weight is 289 g/mol. The Morgan fingerprint density at radius 2 is 1.95 bits per heavy atom. The van der Waals surface area contributed by atoms with Crippen LogP contribution in [0.15, 0.2) is 11.8 Å². The van der Waals surface area contributed by atoms with Crippen molar-refractivity contribution in [2.45, 2.75) is 45.6 Å². The third kappa shape index (κ3) is 1.10. The van der Waals surface area contributed by atoms with Gasteiger partial charge < -0.3 is 5.11 Å². The second kappa shape index (κ2) is 3.52. The molecular formula is C14H18F3NO2. The van der Waals surface area contributed by atoms with Crippen LogP contribution in [0.4, 0.5) is 13.3 Å². The lowest BCUT2D eigenvalue weighted by Crippen LogP contribution is -2.65. The van der Waals surface area contributed by atoms with Gasteiger partial charge in [-0.05, 0) is 36.0 Å². The van der Waals surface area contributed by atoms with Gasteiger partial charge in [0.25, 0.3) is 5.95 Å². The molecule has 0 aromatic rings. The van der Waals surface area contributed by atoms with E-state index in [2.05, 4.69) is 0 Å². The highest BCUT2D eigenvalue weighted by Crippen LogP contribution is 2.72. The minimum absolute atomic E-state index is 0.201. The van der Waals surface area contributed by atoms with E-state index in [0.29, 0.717) is 12.8 Å². The van der Waals surface area contributed by atoms with Gasteiger partial charge in [0.1, 0.15) is 0 Å². The Labute approximate surface area is 115 Å². The molecular weight excluding hydrogens is 271 g/mol. The summed E-state index contributed by atoms with van der Waals surface area (Å²) in [6.07, 6.45) is 2.06. The molecule has 3 rings (SSSR count). The van der Waals surface area contributed by atoms with Gasteiger partial charge in [0.15, 0.2) is 5.83 Å². The summed E-state index contributed by atoms with van der Waals surface area (Å²) >= 11 is 0. The predicted molar refractivity (Wildman–Crippen MR) is 65.3 cm³/mol. The van der Waals surface area contributed by atoms with E-state index in [1.807, 2.05) is 20.8 Å². The maximum atomic E-state index is 14.0. The number of carboxylic acid groups (broad SMARTS) is 1. The number of halogens is 3. The summed E-state index contributed by atoms with van der Waals surface area (Å²) < 4.78 is 41.0. The van der Waals surface area contributed by atoms with E-state index in [1.54, 1.807) is 0 Å². The molecule has 3 nitrogen and oxygen atoms in total.